The third kappa shape index (κ3) is 3.18. The summed E-state index contributed by atoms with van der Waals surface area (Å²) >= 11 is 0. The number of hydrogen-bond acceptors (Lipinski definition) is 4. The van der Waals surface area contributed by atoms with Crippen molar-refractivity contribution in [2.45, 2.75) is 12.8 Å². The van der Waals surface area contributed by atoms with E-state index in [2.05, 4.69) is 10.4 Å². The Morgan fingerprint density at radius 3 is 3.06 bits per heavy atom. The predicted octanol–water partition coefficient (Wildman–Crippen LogP) is 1.38. The van der Waals surface area contributed by atoms with E-state index < -0.39 is 0 Å². The molecule has 2 rings (SSSR count). The van der Waals surface area contributed by atoms with Crippen LogP contribution in [0.5, 0.6) is 5.75 Å². The fourth-order valence-corrected chi connectivity index (χ4v) is 1.62. The second-order valence-corrected chi connectivity index (χ2v) is 3.88. The molecule has 0 unspecified atom stereocenters. The van der Waals surface area contributed by atoms with Gasteiger partial charge in [0.1, 0.15) is 5.75 Å². The Morgan fingerprint density at radius 2 is 2.22 bits per heavy atom. The third-order valence-corrected chi connectivity index (χ3v) is 2.54. The summed E-state index contributed by atoms with van der Waals surface area (Å²) in [5.41, 5.74) is 3.02. The topological polar surface area (TPSA) is 77.2 Å². The molecule has 0 bridgehead atoms. The fraction of sp³-hybridized carbons (Fsp3) is 0.231. The first-order valence-corrected chi connectivity index (χ1v) is 5.76. The lowest BCUT2D eigenvalue weighted by atomic mass is 10.2. The van der Waals surface area contributed by atoms with E-state index in [-0.39, 0.29) is 5.91 Å². The first kappa shape index (κ1) is 12.3. The van der Waals surface area contributed by atoms with Gasteiger partial charge in [-0.3, -0.25) is 15.2 Å². The van der Waals surface area contributed by atoms with Gasteiger partial charge in [-0.2, -0.15) is 0 Å². The number of hydrazine groups is 1. The average Bonchev–Trinajstić information content (AvgIpc) is 2.43. The van der Waals surface area contributed by atoms with Crippen molar-refractivity contribution in [2.75, 3.05) is 6.61 Å². The van der Waals surface area contributed by atoms with Gasteiger partial charge in [-0.05, 0) is 18.6 Å². The van der Waals surface area contributed by atoms with Crippen molar-refractivity contribution in [3.63, 3.8) is 0 Å². The van der Waals surface area contributed by atoms with E-state index in [0.717, 1.165) is 10.9 Å². The van der Waals surface area contributed by atoms with Crippen LogP contribution in [0.4, 0.5) is 0 Å². The zero-order valence-corrected chi connectivity index (χ0v) is 9.93. The second-order valence-electron chi connectivity index (χ2n) is 3.88. The molecule has 0 aliphatic heterocycles. The van der Waals surface area contributed by atoms with Gasteiger partial charge in [-0.25, -0.2) is 5.84 Å². The average molecular weight is 245 g/mol. The maximum absolute atomic E-state index is 10.9. The molecule has 5 nitrogen and oxygen atoms in total. The minimum atomic E-state index is -0.185. The van der Waals surface area contributed by atoms with Crippen LogP contribution in [0.15, 0.2) is 36.5 Å². The van der Waals surface area contributed by atoms with E-state index in [1.165, 1.54) is 0 Å². The number of nitrogens with zero attached hydrogens (tertiary/aromatic N) is 1. The number of carbonyl (C=O) groups excluding carboxylic acids is 1. The van der Waals surface area contributed by atoms with Gasteiger partial charge in [0.25, 0.3) is 0 Å². The molecule has 0 atom stereocenters. The Hall–Kier alpha value is -2.14. The number of fused-ring (bicyclic) bond motifs is 1. The molecule has 1 amide bonds. The lowest BCUT2D eigenvalue weighted by Gasteiger charge is -2.06. The zero-order chi connectivity index (χ0) is 12.8. The number of amides is 1. The second kappa shape index (κ2) is 5.97. The molecule has 2 aromatic rings. The number of ether oxygens (including phenoxy) is 1. The van der Waals surface area contributed by atoms with Gasteiger partial charge in [-0.1, -0.05) is 18.2 Å². The Morgan fingerprint density at radius 1 is 1.39 bits per heavy atom. The Balaban J connectivity index is 1.90. The van der Waals surface area contributed by atoms with Gasteiger partial charge in [-0.15, -0.1) is 0 Å². The Labute approximate surface area is 105 Å². The molecular formula is C13H15N3O2. The number of hydrogen-bond donors (Lipinski definition) is 2. The molecule has 94 valence electrons. The van der Waals surface area contributed by atoms with Gasteiger partial charge in [0.15, 0.2) is 0 Å². The Bertz CT molecular complexity index is 543. The highest BCUT2D eigenvalue weighted by molar-refractivity contribution is 5.79. The summed E-state index contributed by atoms with van der Waals surface area (Å²) in [5.74, 6) is 5.50. The van der Waals surface area contributed by atoms with Crippen LogP contribution in [0.2, 0.25) is 0 Å². The Kier molecular flexibility index (Phi) is 4.09. The lowest BCUT2D eigenvalue weighted by Crippen LogP contribution is -2.29. The highest BCUT2D eigenvalue weighted by Crippen LogP contribution is 2.17. The van der Waals surface area contributed by atoms with Crippen molar-refractivity contribution in [3.8, 4) is 5.75 Å². The van der Waals surface area contributed by atoms with Crippen LogP contribution in [0.25, 0.3) is 10.9 Å². The number of aromatic nitrogens is 1. The first-order chi connectivity index (χ1) is 8.79. The number of benzene rings is 1. The summed E-state index contributed by atoms with van der Waals surface area (Å²) in [6.45, 7) is 0.466. The smallest absolute Gasteiger partial charge is 0.234 e. The predicted molar refractivity (Wildman–Crippen MR) is 68.8 cm³/mol. The molecule has 0 aliphatic rings. The highest BCUT2D eigenvalue weighted by atomic mass is 16.5. The maximum atomic E-state index is 10.9. The van der Waals surface area contributed by atoms with Crippen LogP contribution in [-0.2, 0) is 4.79 Å². The lowest BCUT2D eigenvalue weighted by molar-refractivity contribution is -0.121. The van der Waals surface area contributed by atoms with Crippen molar-refractivity contribution in [2.24, 2.45) is 5.84 Å². The van der Waals surface area contributed by atoms with Gasteiger partial charge < -0.3 is 4.74 Å². The first-order valence-electron chi connectivity index (χ1n) is 5.76. The summed E-state index contributed by atoms with van der Waals surface area (Å²) in [6.07, 6.45) is 2.67. The monoisotopic (exact) mass is 245 g/mol. The molecule has 0 radical (unpaired) electrons. The third-order valence-electron chi connectivity index (χ3n) is 2.54. The van der Waals surface area contributed by atoms with Crippen molar-refractivity contribution < 1.29 is 9.53 Å². The van der Waals surface area contributed by atoms with Crippen molar-refractivity contribution in [1.29, 1.82) is 0 Å². The van der Waals surface area contributed by atoms with E-state index >= 15 is 0 Å². The van der Waals surface area contributed by atoms with Gasteiger partial charge in [0, 0.05) is 11.8 Å². The van der Waals surface area contributed by atoms with Crippen LogP contribution in [0.1, 0.15) is 12.8 Å². The zero-order valence-electron chi connectivity index (χ0n) is 9.93. The fourth-order valence-electron chi connectivity index (χ4n) is 1.62. The van der Waals surface area contributed by atoms with Crippen LogP contribution < -0.4 is 16.0 Å². The highest BCUT2D eigenvalue weighted by Gasteiger charge is 2.00. The van der Waals surface area contributed by atoms with Crippen molar-refractivity contribution in [1.82, 2.24) is 10.4 Å². The molecule has 1 aromatic carbocycles. The molecular weight excluding hydrogens is 230 g/mol. The van der Waals surface area contributed by atoms with E-state index in [9.17, 15) is 4.79 Å². The summed E-state index contributed by atoms with van der Waals surface area (Å²) in [6, 6.07) is 9.77. The summed E-state index contributed by atoms with van der Waals surface area (Å²) in [4.78, 5) is 15.2. The number of carbonyl (C=O) groups is 1. The van der Waals surface area contributed by atoms with E-state index in [4.69, 9.17) is 10.6 Å². The van der Waals surface area contributed by atoms with Crippen LogP contribution >= 0.6 is 0 Å². The molecule has 0 aliphatic carbocycles. The number of nitrogens with two attached hydrogens (primary N) is 1. The minimum absolute atomic E-state index is 0.185. The summed E-state index contributed by atoms with van der Waals surface area (Å²) < 4.78 is 5.53. The van der Waals surface area contributed by atoms with Gasteiger partial charge >= 0.3 is 0 Å². The largest absolute Gasteiger partial charge is 0.492 e. The molecule has 1 aromatic heterocycles. The summed E-state index contributed by atoms with van der Waals surface area (Å²) in [5, 5.41) is 1.04. The number of para-hydroxylation sites is 1. The van der Waals surface area contributed by atoms with Gasteiger partial charge in [0.2, 0.25) is 5.91 Å². The normalized spacial score (nSPS) is 10.3. The standard InChI is InChI=1S/C13H15N3O2/c14-16-13(17)6-3-7-18-11-8-10-4-1-2-5-12(10)15-9-11/h1-2,4-5,8-9H,3,6-7,14H2,(H,16,17). The van der Waals surface area contributed by atoms with Crippen LogP contribution in [-0.4, -0.2) is 17.5 Å². The SMILES string of the molecule is NNC(=O)CCCOc1cnc2ccccc2c1. The van der Waals surface area contributed by atoms with Crippen LogP contribution in [0, 0.1) is 0 Å². The molecule has 0 fully saturated rings. The molecule has 1 heterocycles. The van der Waals surface area contributed by atoms with E-state index in [1.54, 1.807) is 6.20 Å². The number of rotatable bonds is 5. The molecule has 0 saturated heterocycles. The molecule has 3 N–H and O–H groups in total. The number of nitrogens with one attached hydrogen (secondary N) is 1. The number of pyridine rings is 1. The molecule has 18 heavy (non-hydrogen) atoms. The quantitative estimate of drug-likeness (QED) is 0.361. The van der Waals surface area contributed by atoms with Crippen LogP contribution in [0.3, 0.4) is 0 Å². The van der Waals surface area contributed by atoms with E-state index in [0.29, 0.717) is 25.2 Å². The maximum Gasteiger partial charge on any atom is 0.234 e. The van der Waals surface area contributed by atoms with Crippen molar-refractivity contribution in [3.05, 3.63) is 36.5 Å². The van der Waals surface area contributed by atoms with E-state index in [1.807, 2.05) is 30.3 Å². The molecule has 5 heteroatoms. The van der Waals surface area contributed by atoms with Gasteiger partial charge in [0.05, 0.1) is 18.3 Å². The van der Waals surface area contributed by atoms with Crippen molar-refractivity contribution >= 4 is 16.8 Å². The minimum Gasteiger partial charge on any atom is -0.492 e. The molecule has 0 saturated carbocycles. The molecule has 0 spiro atoms. The summed E-state index contributed by atoms with van der Waals surface area (Å²) in [7, 11) is 0.